The minimum atomic E-state index is -0.0873. The van der Waals surface area contributed by atoms with Gasteiger partial charge in [-0.15, -0.1) is 21.5 Å². The fourth-order valence-corrected chi connectivity index (χ4v) is 3.92. The van der Waals surface area contributed by atoms with Gasteiger partial charge in [0, 0.05) is 18.7 Å². The van der Waals surface area contributed by atoms with Crippen molar-refractivity contribution < 1.29 is 4.79 Å². The molecule has 0 atom stereocenters. The molecule has 0 fully saturated rings. The first-order chi connectivity index (χ1) is 12.1. The number of hydrogen-bond donors (Lipinski definition) is 1. The summed E-state index contributed by atoms with van der Waals surface area (Å²) in [6, 6.07) is 6.00. The first kappa shape index (κ1) is 17.7. The number of nitrogens with one attached hydrogen (secondary N) is 1. The highest BCUT2D eigenvalue weighted by atomic mass is 32.2. The molecule has 132 valence electrons. The molecular formula is C16H20N6OS2. The van der Waals surface area contributed by atoms with Crippen molar-refractivity contribution in [3.05, 3.63) is 29.8 Å². The lowest BCUT2D eigenvalue weighted by atomic mass is 10.4. The fourth-order valence-electron chi connectivity index (χ4n) is 2.40. The predicted octanol–water partition coefficient (Wildman–Crippen LogP) is 3.53. The monoisotopic (exact) mass is 376 g/mol. The Bertz CT molecular complexity index is 837. The minimum Gasteiger partial charge on any atom is -0.310 e. The second kappa shape index (κ2) is 7.83. The molecule has 3 rings (SSSR count). The van der Waals surface area contributed by atoms with E-state index in [1.165, 1.54) is 11.8 Å². The van der Waals surface area contributed by atoms with Crippen LogP contribution in [0.3, 0.4) is 0 Å². The summed E-state index contributed by atoms with van der Waals surface area (Å²) in [4.78, 5) is 13.3. The molecule has 0 bridgehead atoms. The van der Waals surface area contributed by atoms with Gasteiger partial charge >= 0.3 is 0 Å². The van der Waals surface area contributed by atoms with Gasteiger partial charge in [-0.2, -0.15) is 5.10 Å². The van der Waals surface area contributed by atoms with Gasteiger partial charge in [0.1, 0.15) is 5.82 Å². The van der Waals surface area contributed by atoms with Gasteiger partial charge in [0.15, 0.2) is 11.0 Å². The van der Waals surface area contributed by atoms with Crippen LogP contribution in [-0.4, -0.2) is 36.2 Å². The van der Waals surface area contributed by atoms with Gasteiger partial charge in [0.25, 0.3) is 0 Å². The second-order valence-corrected chi connectivity index (χ2v) is 7.51. The quantitative estimate of drug-likeness (QED) is 0.638. The minimum absolute atomic E-state index is 0.0873. The highest BCUT2D eigenvalue weighted by molar-refractivity contribution is 7.99. The maximum atomic E-state index is 12.3. The van der Waals surface area contributed by atoms with Crippen LogP contribution in [0.5, 0.6) is 0 Å². The van der Waals surface area contributed by atoms with Crippen LogP contribution in [0.15, 0.2) is 34.9 Å². The molecule has 0 saturated carbocycles. The van der Waals surface area contributed by atoms with Crippen LogP contribution >= 0.6 is 23.1 Å². The molecule has 0 aromatic carbocycles. The number of amides is 1. The number of nitrogens with zero attached hydrogens (tertiary/aromatic N) is 5. The summed E-state index contributed by atoms with van der Waals surface area (Å²) < 4.78 is 3.81. The van der Waals surface area contributed by atoms with Crippen molar-refractivity contribution in [1.82, 2.24) is 24.5 Å². The summed E-state index contributed by atoms with van der Waals surface area (Å²) in [5, 5.41) is 18.4. The summed E-state index contributed by atoms with van der Waals surface area (Å²) in [5.74, 6) is 1.73. The third-order valence-electron chi connectivity index (χ3n) is 3.53. The Balaban J connectivity index is 1.65. The van der Waals surface area contributed by atoms with Crippen LogP contribution in [0.25, 0.3) is 10.7 Å². The highest BCUT2D eigenvalue weighted by Crippen LogP contribution is 2.27. The summed E-state index contributed by atoms with van der Waals surface area (Å²) in [6.45, 7) is 6.84. The predicted molar refractivity (Wildman–Crippen MR) is 101 cm³/mol. The van der Waals surface area contributed by atoms with Crippen molar-refractivity contribution in [1.29, 1.82) is 0 Å². The van der Waals surface area contributed by atoms with Crippen molar-refractivity contribution >= 4 is 34.8 Å². The van der Waals surface area contributed by atoms with Gasteiger partial charge in [0.05, 0.1) is 16.8 Å². The van der Waals surface area contributed by atoms with Crippen LogP contribution in [0.4, 0.5) is 5.82 Å². The Morgan fingerprint density at radius 3 is 2.88 bits per heavy atom. The standard InChI is InChI=1S/C16H20N6OS2/c1-4-21-15(12-6-5-9-24-12)19-20-16(21)25-10-14(23)18-13-7-8-17-22(13)11(2)3/h5-9,11H,4,10H2,1-3H3,(H,18,23). The molecule has 0 spiro atoms. The van der Waals surface area contributed by atoms with Gasteiger partial charge in [-0.3, -0.25) is 4.79 Å². The number of thioether (sulfide) groups is 1. The van der Waals surface area contributed by atoms with E-state index in [2.05, 4.69) is 20.6 Å². The summed E-state index contributed by atoms with van der Waals surface area (Å²) in [7, 11) is 0. The molecule has 9 heteroatoms. The first-order valence-electron chi connectivity index (χ1n) is 8.03. The third kappa shape index (κ3) is 3.93. The van der Waals surface area contributed by atoms with Crippen LogP contribution in [0, 0.1) is 0 Å². The Labute approximate surface area is 154 Å². The fraction of sp³-hybridized carbons (Fsp3) is 0.375. The van der Waals surface area contributed by atoms with E-state index in [9.17, 15) is 4.79 Å². The Morgan fingerprint density at radius 1 is 1.36 bits per heavy atom. The largest absolute Gasteiger partial charge is 0.310 e. The highest BCUT2D eigenvalue weighted by Gasteiger charge is 2.16. The molecule has 0 aliphatic carbocycles. The molecule has 3 aromatic rings. The average Bonchev–Trinajstić information content (AvgIpc) is 3.32. The molecule has 3 heterocycles. The summed E-state index contributed by atoms with van der Waals surface area (Å²) in [5.41, 5.74) is 0. The van der Waals surface area contributed by atoms with Crippen LogP contribution < -0.4 is 5.32 Å². The maximum Gasteiger partial charge on any atom is 0.235 e. The van der Waals surface area contributed by atoms with E-state index >= 15 is 0 Å². The topological polar surface area (TPSA) is 77.6 Å². The molecule has 0 saturated heterocycles. The zero-order valence-electron chi connectivity index (χ0n) is 14.3. The second-order valence-electron chi connectivity index (χ2n) is 5.62. The summed E-state index contributed by atoms with van der Waals surface area (Å²) >= 11 is 3.01. The van der Waals surface area contributed by atoms with Gasteiger partial charge in [-0.25, -0.2) is 4.68 Å². The third-order valence-corrected chi connectivity index (χ3v) is 5.37. The molecule has 7 nitrogen and oxygen atoms in total. The number of thiophene rings is 1. The zero-order chi connectivity index (χ0) is 17.8. The number of hydrogen-bond acceptors (Lipinski definition) is 6. The molecule has 0 radical (unpaired) electrons. The molecule has 1 amide bonds. The molecule has 1 N–H and O–H groups in total. The van der Waals surface area contributed by atoms with Crippen molar-refractivity contribution in [3.8, 4) is 10.7 Å². The van der Waals surface area contributed by atoms with Crippen LogP contribution in [0.2, 0.25) is 0 Å². The van der Waals surface area contributed by atoms with Gasteiger partial charge in [-0.05, 0) is 32.2 Å². The summed E-state index contributed by atoms with van der Waals surface area (Å²) in [6.07, 6.45) is 1.68. The van der Waals surface area contributed by atoms with Crippen molar-refractivity contribution in [2.24, 2.45) is 0 Å². The zero-order valence-corrected chi connectivity index (χ0v) is 16.0. The Hall–Kier alpha value is -2.13. The van der Waals surface area contributed by atoms with Crippen LogP contribution in [0.1, 0.15) is 26.8 Å². The smallest absolute Gasteiger partial charge is 0.235 e. The molecule has 25 heavy (non-hydrogen) atoms. The number of rotatable bonds is 7. The first-order valence-corrected chi connectivity index (χ1v) is 9.90. The van der Waals surface area contributed by atoms with Crippen molar-refractivity contribution in [2.75, 3.05) is 11.1 Å². The molecule has 3 aromatic heterocycles. The van der Waals surface area contributed by atoms with E-state index in [-0.39, 0.29) is 17.7 Å². The Kier molecular flexibility index (Phi) is 5.54. The SMILES string of the molecule is CCn1c(SCC(=O)Nc2ccnn2C(C)C)nnc1-c1cccs1. The van der Waals surface area contributed by atoms with E-state index in [0.29, 0.717) is 5.82 Å². The maximum absolute atomic E-state index is 12.3. The lowest BCUT2D eigenvalue weighted by Gasteiger charge is -2.11. The molecule has 0 unspecified atom stereocenters. The number of carbonyl (C=O) groups is 1. The lowest BCUT2D eigenvalue weighted by molar-refractivity contribution is -0.113. The van der Waals surface area contributed by atoms with Crippen molar-refractivity contribution in [2.45, 2.75) is 38.5 Å². The van der Waals surface area contributed by atoms with E-state index in [0.717, 1.165) is 22.4 Å². The normalized spacial score (nSPS) is 11.2. The Morgan fingerprint density at radius 2 is 2.20 bits per heavy atom. The number of aromatic nitrogens is 5. The van der Waals surface area contributed by atoms with E-state index in [4.69, 9.17) is 0 Å². The van der Waals surface area contributed by atoms with E-state index in [1.54, 1.807) is 28.3 Å². The van der Waals surface area contributed by atoms with E-state index in [1.807, 2.05) is 42.9 Å². The number of carbonyl (C=O) groups excluding carboxylic acids is 1. The lowest BCUT2D eigenvalue weighted by Crippen LogP contribution is -2.18. The molecular weight excluding hydrogens is 356 g/mol. The van der Waals surface area contributed by atoms with Gasteiger partial charge < -0.3 is 9.88 Å². The van der Waals surface area contributed by atoms with Gasteiger partial charge in [-0.1, -0.05) is 17.8 Å². The van der Waals surface area contributed by atoms with Gasteiger partial charge in [0.2, 0.25) is 5.91 Å². The number of anilines is 1. The van der Waals surface area contributed by atoms with Crippen molar-refractivity contribution in [3.63, 3.8) is 0 Å². The molecule has 0 aliphatic rings. The van der Waals surface area contributed by atoms with Crippen LogP contribution in [-0.2, 0) is 11.3 Å². The van der Waals surface area contributed by atoms with E-state index < -0.39 is 0 Å². The average molecular weight is 377 g/mol. The molecule has 0 aliphatic heterocycles.